The zero-order valence-electron chi connectivity index (χ0n) is 12.6. The van der Waals surface area contributed by atoms with Gasteiger partial charge in [0.25, 0.3) is 0 Å². The predicted molar refractivity (Wildman–Crippen MR) is 86.2 cm³/mol. The van der Waals surface area contributed by atoms with Crippen molar-refractivity contribution in [3.63, 3.8) is 0 Å². The van der Waals surface area contributed by atoms with Gasteiger partial charge in [0.05, 0.1) is 6.61 Å². The Balaban J connectivity index is 2.81. The maximum absolute atomic E-state index is 5.87. The molecule has 1 rings (SSSR count). The van der Waals surface area contributed by atoms with Gasteiger partial charge in [0.1, 0.15) is 5.75 Å². The third-order valence-corrected chi connectivity index (χ3v) is 4.00. The highest BCUT2D eigenvalue weighted by atomic mass is 32.2. The lowest BCUT2D eigenvalue weighted by molar-refractivity contribution is 0.311. The van der Waals surface area contributed by atoms with E-state index in [0.29, 0.717) is 11.3 Å². The van der Waals surface area contributed by atoms with Crippen molar-refractivity contribution in [1.82, 2.24) is 5.32 Å². The van der Waals surface area contributed by atoms with Gasteiger partial charge in [-0.3, -0.25) is 0 Å². The number of nitrogens with one attached hydrogen (secondary N) is 1. The zero-order chi connectivity index (χ0) is 14.1. The number of hydrogen-bond acceptors (Lipinski definition) is 3. The van der Waals surface area contributed by atoms with Crippen LogP contribution in [0.1, 0.15) is 45.7 Å². The van der Waals surface area contributed by atoms with E-state index in [1.54, 1.807) is 0 Å². The van der Waals surface area contributed by atoms with Crippen LogP contribution in [0.4, 0.5) is 0 Å². The van der Waals surface area contributed by atoms with E-state index in [2.05, 4.69) is 51.2 Å². The number of thioether (sulfide) groups is 1. The molecule has 1 aromatic carbocycles. The number of para-hydroxylation sites is 1. The van der Waals surface area contributed by atoms with E-state index in [4.69, 9.17) is 4.74 Å². The van der Waals surface area contributed by atoms with Gasteiger partial charge < -0.3 is 10.1 Å². The van der Waals surface area contributed by atoms with Crippen molar-refractivity contribution in [2.24, 2.45) is 0 Å². The van der Waals surface area contributed by atoms with Gasteiger partial charge in [-0.25, -0.2) is 0 Å². The van der Waals surface area contributed by atoms with Gasteiger partial charge in [-0.05, 0) is 24.3 Å². The van der Waals surface area contributed by atoms with Gasteiger partial charge in [-0.2, -0.15) is 11.8 Å². The van der Waals surface area contributed by atoms with Crippen molar-refractivity contribution < 1.29 is 4.74 Å². The van der Waals surface area contributed by atoms with Crippen LogP contribution in [0.5, 0.6) is 5.75 Å². The molecule has 1 atom stereocenters. The fourth-order valence-corrected chi connectivity index (χ4v) is 2.78. The Morgan fingerprint density at radius 3 is 2.58 bits per heavy atom. The van der Waals surface area contributed by atoms with Gasteiger partial charge in [-0.15, -0.1) is 0 Å². The molecule has 0 aliphatic carbocycles. The second-order valence-corrected chi connectivity index (χ2v) is 6.49. The number of ether oxygens (including phenoxy) is 1. The van der Waals surface area contributed by atoms with Crippen molar-refractivity contribution in [1.29, 1.82) is 0 Å². The number of benzene rings is 1. The molecule has 0 saturated carbocycles. The van der Waals surface area contributed by atoms with Crippen LogP contribution in [0.2, 0.25) is 0 Å². The maximum Gasteiger partial charge on any atom is 0.124 e. The summed E-state index contributed by atoms with van der Waals surface area (Å²) in [5, 5.41) is 4.23. The molecular formula is C16H27NOS. The minimum absolute atomic E-state index is 0.366. The van der Waals surface area contributed by atoms with E-state index in [1.807, 2.05) is 17.8 Å². The molecule has 3 heteroatoms. The Hall–Kier alpha value is -0.670. The summed E-state index contributed by atoms with van der Waals surface area (Å²) in [6.07, 6.45) is 1.04. The average Bonchev–Trinajstić information content (AvgIpc) is 2.41. The summed E-state index contributed by atoms with van der Waals surface area (Å²) in [5.41, 5.74) is 1.28. The molecule has 1 N–H and O–H groups in total. The SMILES string of the molecule is CCCOc1ccccc1C(CSC(C)C)NCC. The van der Waals surface area contributed by atoms with Crippen LogP contribution in [0.25, 0.3) is 0 Å². The van der Waals surface area contributed by atoms with Crippen LogP contribution in [-0.2, 0) is 0 Å². The van der Waals surface area contributed by atoms with E-state index in [9.17, 15) is 0 Å². The van der Waals surface area contributed by atoms with Crippen LogP contribution in [0, 0.1) is 0 Å². The molecule has 2 nitrogen and oxygen atoms in total. The van der Waals surface area contributed by atoms with E-state index in [1.165, 1.54) is 5.56 Å². The molecule has 0 aliphatic heterocycles. The predicted octanol–water partition coefficient (Wildman–Crippen LogP) is 4.27. The second-order valence-electron chi connectivity index (χ2n) is 4.88. The summed E-state index contributed by atoms with van der Waals surface area (Å²) < 4.78 is 5.87. The molecule has 1 aromatic rings. The first-order chi connectivity index (χ1) is 9.19. The molecule has 0 radical (unpaired) electrons. The summed E-state index contributed by atoms with van der Waals surface area (Å²) in [6, 6.07) is 8.77. The van der Waals surface area contributed by atoms with E-state index in [-0.39, 0.29) is 0 Å². The van der Waals surface area contributed by atoms with E-state index in [0.717, 1.165) is 31.1 Å². The average molecular weight is 281 g/mol. The molecule has 1 unspecified atom stereocenters. The first-order valence-corrected chi connectivity index (χ1v) is 8.30. The molecule has 0 amide bonds. The number of rotatable bonds is 9. The Morgan fingerprint density at radius 2 is 1.95 bits per heavy atom. The first kappa shape index (κ1) is 16.4. The minimum Gasteiger partial charge on any atom is -0.493 e. The fourth-order valence-electron chi connectivity index (χ4n) is 1.91. The summed E-state index contributed by atoms with van der Waals surface area (Å²) in [7, 11) is 0. The Morgan fingerprint density at radius 1 is 1.21 bits per heavy atom. The highest BCUT2D eigenvalue weighted by Gasteiger charge is 2.15. The molecule has 0 bridgehead atoms. The van der Waals surface area contributed by atoms with Crippen LogP contribution < -0.4 is 10.1 Å². The minimum atomic E-state index is 0.366. The summed E-state index contributed by atoms with van der Waals surface area (Å²) in [5.74, 6) is 2.11. The van der Waals surface area contributed by atoms with Crippen molar-refractivity contribution in [3.05, 3.63) is 29.8 Å². The molecular weight excluding hydrogens is 254 g/mol. The topological polar surface area (TPSA) is 21.3 Å². The third kappa shape index (κ3) is 5.87. The molecule has 0 fully saturated rings. The molecule has 108 valence electrons. The van der Waals surface area contributed by atoms with Gasteiger partial charge in [-0.1, -0.05) is 45.9 Å². The van der Waals surface area contributed by atoms with Gasteiger partial charge in [0, 0.05) is 17.4 Å². The van der Waals surface area contributed by atoms with Crippen molar-refractivity contribution in [2.75, 3.05) is 18.9 Å². The largest absolute Gasteiger partial charge is 0.493 e. The van der Waals surface area contributed by atoms with E-state index < -0.39 is 0 Å². The quantitative estimate of drug-likeness (QED) is 0.730. The molecule has 0 saturated heterocycles. The molecule has 0 spiro atoms. The maximum atomic E-state index is 5.87. The fraction of sp³-hybridized carbons (Fsp3) is 0.625. The summed E-state index contributed by atoms with van der Waals surface area (Å²) >= 11 is 1.99. The highest BCUT2D eigenvalue weighted by Crippen LogP contribution is 2.28. The second kappa shape index (κ2) is 9.27. The lowest BCUT2D eigenvalue weighted by atomic mass is 10.1. The summed E-state index contributed by atoms with van der Waals surface area (Å²) in [6.45, 7) is 10.5. The van der Waals surface area contributed by atoms with Gasteiger partial charge in [0.2, 0.25) is 0 Å². The number of hydrogen-bond donors (Lipinski definition) is 1. The normalized spacial score (nSPS) is 12.7. The molecule has 19 heavy (non-hydrogen) atoms. The van der Waals surface area contributed by atoms with Crippen molar-refractivity contribution in [2.45, 2.75) is 45.4 Å². The molecule has 0 heterocycles. The zero-order valence-corrected chi connectivity index (χ0v) is 13.4. The van der Waals surface area contributed by atoms with E-state index >= 15 is 0 Å². The van der Waals surface area contributed by atoms with Crippen LogP contribution in [-0.4, -0.2) is 24.2 Å². The van der Waals surface area contributed by atoms with Crippen molar-refractivity contribution in [3.8, 4) is 5.75 Å². The monoisotopic (exact) mass is 281 g/mol. The lowest BCUT2D eigenvalue weighted by Crippen LogP contribution is -2.24. The highest BCUT2D eigenvalue weighted by molar-refractivity contribution is 7.99. The van der Waals surface area contributed by atoms with Gasteiger partial charge in [0.15, 0.2) is 0 Å². The molecule has 0 aliphatic rings. The van der Waals surface area contributed by atoms with Crippen LogP contribution >= 0.6 is 11.8 Å². The Kier molecular flexibility index (Phi) is 7.99. The lowest BCUT2D eigenvalue weighted by Gasteiger charge is -2.22. The smallest absolute Gasteiger partial charge is 0.124 e. The Bertz CT molecular complexity index is 354. The van der Waals surface area contributed by atoms with Gasteiger partial charge >= 0.3 is 0 Å². The standard InChI is InChI=1S/C16H27NOS/c1-5-11-18-16-10-8-7-9-14(16)15(17-6-2)12-19-13(3)4/h7-10,13,15,17H,5-6,11-12H2,1-4H3. The third-order valence-electron chi connectivity index (χ3n) is 2.80. The summed E-state index contributed by atoms with van der Waals surface area (Å²) in [4.78, 5) is 0. The molecule has 0 aromatic heterocycles. The Labute approximate surface area is 122 Å². The van der Waals surface area contributed by atoms with Crippen molar-refractivity contribution >= 4 is 11.8 Å². The van der Waals surface area contributed by atoms with Crippen LogP contribution in [0.15, 0.2) is 24.3 Å². The first-order valence-electron chi connectivity index (χ1n) is 7.25. The van der Waals surface area contributed by atoms with Crippen LogP contribution in [0.3, 0.4) is 0 Å².